The van der Waals surface area contributed by atoms with Crippen LogP contribution in [0.5, 0.6) is 5.75 Å². The number of benzene rings is 1. The Morgan fingerprint density at radius 2 is 2.11 bits per heavy atom. The molecule has 4 N–H and O–H groups in total. The van der Waals surface area contributed by atoms with E-state index < -0.39 is 11.7 Å². The van der Waals surface area contributed by atoms with Gasteiger partial charge in [-0.15, -0.1) is 0 Å². The zero-order valence-corrected chi connectivity index (χ0v) is 12.0. The van der Waals surface area contributed by atoms with Crippen LogP contribution < -0.4 is 11.1 Å². The van der Waals surface area contributed by atoms with E-state index in [-0.39, 0.29) is 17.2 Å². The summed E-state index contributed by atoms with van der Waals surface area (Å²) in [4.78, 5) is 11.9. The van der Waals surface area contributed by atoms with Crippen molar-refractivity contribution < 1.29 is 14.6 Å². The number of anilines is 1. The van der Waals surface area contributed by atoms with Crippen LogP contribution in [0.25, 0.3) is 0 Å². The molecule has 0 heterocycles. The first-order valence-corrected chi connectivity index (χ1v) is 6.18. The van der Waals surface area contributed by atoms with Gasteiger partial charge in [0, 0.05) is 17.7 Å². The quantitative estimate of drug-likeness (QED) is 0.586. The molecule has 0 unspecified atom stereocenters. The Morgan fingerprint density at radius 1 is 1.47 bits per heavy atom. The van der Waals surface area contributed by atoms with Crippen molar-refractivity contribution in [2.45, 2.75) is 32.8 Å². The fourth-order valence-corrected chi connectivity index (χ4v) is 1.57. The summed E-state index contributed by atoms with van der Waals surface area (Å²) in [7, 11) is 0. The number of rotatable bonds is 3. The average molecular weight is 282 g/mol. The van der Waals surface area contributed by atoms with Gasteiger partial charge in [0.05, 0.1) is 4.99 Å². The number of hydrogen-bond donors (Lipinski definition) is 3. The van der Waals surface area contributed by atoms with Crippen molar-refractivity contribution >= 4 is 29.0 Å². The summed E-state index contributed by atoms with van der Waals surface area (Å²) < 4.78 is 5.13. The molecular weight excluding hydrogens is 264 g/mol. The highest BCUT2D eigenvalue weighted by molar-refractivity contribution is 7.80. The van der Waals surface area contributed by atoms with Gasteiger partial charge in [-0.1, -0.05) is 12.2 Å². The van der Waals surface area contributed by atoms with E-state index in [4.69, 9.17) is 22.7 Å². The van der Waals surface area contributed by atoms with Crippen LogP contribution in [0.1, 0.15) is 26.3 Å². The van der Waals surface area contributed by atoms with E-state index in [9.17, 15) is 9.90 Å². The maximum absolute atomic E-state index is 11.6. The Morgan fingerprint density at radius 3 is 2.63 bits per heavy atom. The summed E-state index contributed by atoms with van der Waals surface area (Å²) in [6.07, 6.45) is -0.287. The first-order chi connectivity index (χ1) is 8.67. The Balaban J connectivity index is 2.79. The van der Waals surface area contributed by atoms with Crippen molar-refractivity contribution in [2.24, 2.45) is 5.73 Å². The number of nitrogens with one attached hydrogen (secondary N) is 1. The smallest absolute Gasteiger partial charge is 0.412 e. The van der Waals surface area contributed by atoms with Gasteiger partial charge in [-0.25, -0.2) is 4.79 Å². The lowest BCUT2D eigenvalue weighted by Crippen LogP contribution is -2.27. The first-order valence-electron chi connectivity index (χ1n) is 5.77. The summed E-state index contributed by atoms with van der Waals surface area (Å²) in [5.74, 6) is 0.0857. The van der Waals surface area contributed by atoms with Gasteiger partial charge in [0.1, 0.15) is 11.4 Å². The number of thiocarbonyl (C=S) groups is 1. The van der Waals surface area contributed by atoms with E-state index in [1.165, 1.54) is 6.07 Å². The number of hydrogen-bond acceptors (Lipinski definition) is 4. The van der Waals surface area contributed by atoms with Gasteiger partial charge >= 0.3 is 6.09 Å². The normalized spacial score (nSPS) is 10.9. The predicted molar refractivity (Wildman–Crippen MR) is 78.5 cm³/mol. The summed E-state index contributed by atoms with van der Waals surface area (Å²) in [5.41, 5.74) is 5.94. The minimum absolute atomic E-state index is 0.0857. The van der Waals surface area contributed by atoms with Crippen LogP contribution in [-0.4, -0.2) is 21.8 Å². The summed E-state index contributed by atoms with van der Waals surface area (Å²) in [5, 5.41) is 12.2. The minimum Gasteiger partial charge on any atom is -0.508 e. The molecule has 1 amide bonds. The topological polar surface area (TPSA) is 84.6 Å². The third-order valence-corrected chi connectivity index (χ3v) is 2.23. The Kier molecular flexibility index (Phi) is 4.72. The van der Waals surface area contributed by atoms with Crippen LogP contribution in [0.4, 0.5) is 10.5 Å². The summed E-state index contributed by atoms with van der Waals surface area (Å²) in [6.45, 7) is 5.34. The number of phenols is 1. The van der Waals surface area contributed by atoms with E-state index >= 15 is 0 Å². The fraction of sp³-hybridized carbons (Fsp3) is 0.385. The molecule has 0 fully saturated rings. The number of carbonyl (C=O) groups is 1. The molecule has 0 atom stereocenters. The van der Waals surface area contributed by atoms with Gasteiger partial charge in [-0.05, 0) is 39.0 Å². The van der Waals surface area contributed by atoms with Crippen LogP contribution >= 0.6 is 12.2 Å². The van der Waals surface area contributed by atoms with Gasteiger partial charge in [0.15, 0.2) is 0 Å². The highest BCUT2D eigenvalue weighted by Gasteiger charge is 2.16. The number of phenolic OH excluding ortho intramolecular Hbond substituents is 1. The number of amides is 1. The second-order valence-corrected chi connectivity index (χ2v) is 5.64. The van der Waals surface area contributed by atoms with Gasteiger partial charge < -0.3 is 15.6 Å². The van der Waals surface area contributed by atoms with Crippen molar-refractivity contribution in [3.8, 4) is 5.75 Å². The predicted octanol–water partition coefficient (Wildman–Crippen LogP) is 2.57. The molecule has 0 aromatic heterocycles. The molecule has 1 rings (SSSR count). The van der Waals surface area contributed by atoms with Crippen molar-refractivity contribution in [3.05, 3.63) is 23.8 Å². The molecule has 1 aromatic carbocycles. The maximum atomic E-state index is 11.6. The zero-order chi connectivity index (χ0) is 14.6. The summed E-state index contributed by atoms with van der Waals surface area (Å²) in [6, 6.07) is 4.65. The summed E-state index contributed by atoms with van der Waals surface area (Å²) >= 11 is 4.79. The Hall–Kier alpha value is -1.82. The standard InChI is InChI=1S/C13H18N2O3S/c1-13(2,3)18-12(17)15-9-4-5-10(16)8(6-9)7-11(14)19/h4-6,16H,7H2,1-3H3,(H2,14,19)(H,15,17). The molecule has 0 spiro atoms. The molecule has 0 aliphatic rings. The van der Waals surface area contributed by atoms with E-state index in [0.717, 1.165) is 0 Å². The van der Waals surface area contributed by atoms with Gasteiger partial charge in [-0.3, -0.25) is 5.32 Å². The van der Waals surface area contributed by atoms with E-state index in [0.29, 0.717) is 11.3 Å². The second-order valence-electron chi connectivity index (χ2n) is 5.11. The number of carbonyl (C=O) groups excluding carboxylic acids is 1. The maximum Gasteiger partial charge on any atom is 0.412 e. The molecule has 104 valence electrons. The number of ether oxygens (including phenoxy) is 1. The van der Waals surface area contributed by atoms with Crippen LogP contribution in [0.2, 0.25) is 0 Å². The highest BCUT2D eigenvalue weighted by atomic mass is 32.1. The molecule has 6 heteroatoms. The lowest BCUT2D eigenvalue weighted by Gasteiger charge is -2.19. The SMILES string of the molecule is CC(C)(C)OC(=O)Nc1ccc(O)c(CC(N)=S)c1. The van der Waals surface area contributed by atoms with Gasteiger partial charge in [-0.2, -0.15) is 0 Å². The van der Waals surface area contributed by atoms with Crippen molar-refractivity contribution in [2.75, 3.05) is 5.32 Å². The highest BCUT2D eigenvalue weighted by Crippen LogP contribution is 2.22. The van der Waals surface area contributed by atoms with Crippen LogP contribution in [0.15, 0.2) is 18.2 Å². The number of aromatic hydroxyl groups is 1. The Labute approximate surface area is 117 Å². The lowest BCUT2D eigenvalue weighted by atomic mass is 10.1. The molecule has 0 aliphatic carbocycles. The largest absolute Gasteiger partial charge is 0.508 e. The van der Waals surface area contributed by atoms with Crippen molar-refractivity contribution in [1.82, 2.24) is 0 Å². The molecule has 1 aromatic rings. The third kappa shape index (κ3) is 5.56. The second kappa shape index (κ2) is 5.88. The van der Waals surface area contributed by atoms with E-state index in [2.05, 4.69) is 5.32 Å². The zero-order valence-electron chi connectivity index (χ0n) is 11.2. The fourth-order valence-electron chi connectivity index (χ4n) is 1.41. The van der Waals surface area contributed by atoms with Crippen LogP contribution in [0.3, 0.4) is 0 Å². The molecule has 5 nitrogen and oxygen atoms in total. The molecule has 0 saturated heterocycles. The van der Waals surface area contributed by atoms with Crippen LogP contribution in [0, 0.1) is 0 Å². The molecule has 0 bridgehead atoms. The molecule has 0 aliphatic heterocycles. The molecule has 19 heavy (non-hydrogen) atoms. The van der Waals surface area contributed by atoms with Crippen molar-refractivity contribution in [3.63, 3.8) is 0 Å². The average Bonchev–Trinajstić information content (AvgIpc) is 2.19. The van der Waals surface area contributed by atoms with Gasteiger partial charge in [0.2, 0.25) is 0 Å². The van der Waals surface area contributed by atoms with E-state index in [1.807, 2.05) is 0 Å². The van der Waals surface area contributed by atoms with Gasteiger partial charge in [0.25, 0.3) is 0 Å². The molecule has 0 radical (unpaired) electrons. The Bertz CT molecular complexity index is 495. The third-order valence-electron chi connectivity index (χ3n) is 2.09. The lowest BCUT2D eigenvalue weighted by molar-refractivity contribution is 0.0636. The minimum atomic E-state index is -0.567. The van der Waals surface area contributed by atoms with Crippen LogP contribution in [-0.2, 0) is 11.2 Å². The monoisotopic (exact) mass is 282 g/mol. The number of nitrogens with two attached hydrogens (primary N) is 1. The first kappa shape index (κ1) is 15.2. The van der Waals surface area contributed by atoms with Crippen molar-refractivity contribution in [1.29, 1.82) is 0 Å². The van der Waals surface area contributed by atoms with E-state index in [1.54, 1.807) is 32.9 Å². The molecule has 0 saturated carbocycles. The molecular formula is C13H18N2O3S.